The SMILES string of the molecule is N#Cc1cccc(-c2cc(-c3cc(-c4ccccc4)nc(-c4ccccc4)n3)cc(-c3cccc(C#N)c3)c2-n2c3ccc(-c4cc(C(F)(F)F)cc(C(F)(F)F)c4)cc3c3cc(-c4cc(C(F)(F)F)cc(C(F)(F)F)c4)ccc32)c1. The summed E-state index contributed by atoms with van der Waals surface area (Å²) in [6.45, 7) is 0. The Morgan fingerprint density at radius 1 is 0.321 bits per heavy atom. The van der Waals surface area contributed by atoms with Gasteiger partial charge in [0.2, 0.25) is 0 Å². The maximum atomic E-state index is 14.3. The molecule has 9 aromatic carbocycles. The van der Waals surface area contributed by atoms with E-state index in [0.29, 0.717) is 80.5 Å². The van der Waals surface area contributed by atoms with Crippen molar-refractivity contribution in [3.05, 3.63) is 234 Å². The fourth-order valence-corrected chi connectivity index (χ4v) is 9.91. The molecule has 0 radical (unpaired) electrons. The maximum Gasteiger partial charge on any atom is 0.416 e. The van der Waals surface area contributed by atoms with Crippen LogP contribution in [0, 0.1) is 22.7 Å². The summed E-state index contributed by atoms with van der Waals surface area (Å²) in [4.78, 5) is 10.0. The highest BCUT2D eigenvalue weighted by atomic mass is 19.4. The number of fused-ring (bicyclic) bond motifs is 3. The molecular weight excluding hydrogens is 1070 g/mol. The first-order valence-electron chi connectivity index (χ1n) is 24.4. The molecule has 0 N–H and O–H groups in total. The molecule has 0 atom stereocenters. The van der Waals surface area contributed by atoms with Crippen molar-refractivity contribution in [2.75, 3.05) is 0 Å². The zero-order valence-corrected chi connectivity index (χ0v) is 41.3. The second kappa shape index (κ2) is 20.0. The molecule has 11 aromatic rings. The van der Waals surface area contributed by atoms with Crippen molar-refractivity contribution < 1.29 is 52.7 Å². The van der Waals surface area contributed by atoms with E-state index < -0.39 is 58.1 Å². The molecule has 11 rings (SSSR count). The first-order chi connectivity index (χ1) is 38.5. The number of rotatable bonds is 8. The van der Waals surface area contributed by atoms with Crippen LogP contribution in [-0.2, 0) is 24.7 Å². The Bertz CT molecular complexity index is 4040. The molecule has 398 valence electrons. The monoisotopic (exact) mass is 1100 g/mol. The summed E-state index contributed by atoms with van der Waals surface area (Å²) in [5.74, 6) is 0.359. The standard InChI is InChI=1S/C64H33F12N5/c65-61(66,67)47-23-44(24-48(31-47)62(68,69)70)40-17-19-57-53(27-40)54-28-41(45-25-49(63(71,72)73)32-50(26-45)64(74,75)76)18-20-58(54)81(57)59-51(42-15-7-9-36(21-42)34-77)29-46(30-52(59)43-16-8-10-37(22-43)35-78)56-33-55(38-11-3-1-4-12-38)79-60(80-56)39-13-5-2-6-14-39/h1-33H. The Balaban J connectivity index is 1.28. The summed E-state index contributed by atoms with van der Waals surface area (Å²) in [6, 6.07) is 51.6. The molecule has 0 fully saturated rings. The molecule has 0 amide bonds. The van der Waals surface area contributed by atoms with E-state index in [1.165, 1.54) is 36.4 Å². The predicted octanol–water partition coefficient (Wildman–Crippen LogP) is 19.1. The number of hydrogen-bond acceptors (Lipinski definition) is 4. The van der Waals surface area contributed by atoms with E-state index >= 15 is 0 Å². The number of nitriles is 2. The van der Waals surface area contributed by atoms with E-state index in [-0.39, 0.29) is 56.2 Å². The lowest BCUT2D eigenvalue weighted by Gasteiger charge is -2.22. The number of halogens is 12. The third-order valence-corrected chi connectivity index (χ3v) is 13.7. The smallest absolute Gasteiger partial charge is 0.308 e. The Kier molecular flexibility index (Phi) is 13.1. The predicted molar refractivity (Wildman–Crippen MR) is 284 cm³/mol. The highest BCUT2D eigenvalue weighted by Crippen LogP contribution is 2.48. The molecule has 17 heteroatoms. The molecule has 0 saturated carbocycles. The average molecular weight is 1100 g/mol. The lowest BCUT2D eigenvalue weighted by Crippen LogP contribution is -2.11. The van der Waals surface area contributed by atoms with Crippen LogP contribution >= 0.6 is 0 Å². The van der Waals surface area contributed by atoms with Crippen molar-refractivity contribution in [3.63, 3.8) is 0 Å². The first kappa shape index (κ1) is 53.0. The van der Waals surface area contributed by atoms with E-state index in [0.717, 1.165) is 5.56 Å². The summed E-state index contributed by atoms with van der Waals surface area (Å²) in [6.07, 6.45) is -20.9. The van der Waals surface area contributed by atoms with E-state index in [1.807, 2.05) is 60.7 Å². The average Bonchev–Trinajstić information content (AvgIpc) is 2.96. The molecule has 0 saturated heterocycles. The summed E-state index contributed by atoms with van der Waals surface area (Å²) >= 11 is 0. The van der Waals surface area contributed by atoms with Crippen LogP contribution < -0.4 is 0 Å². The third-order valence-electron chi connectivity index (χ3n) is 13.7. The Morgan fingerprint density at radius 2 is 0.704 bits per heavy atom. The minimum absolute atomic E-state index is 0.0216. The molecule has 0 bridgehead atoms. The second-order valence-corrected chi connectivity index (χ2v) is 18.9. The van der Waals surface area contributed by atoms with E-state index in [1.54, 1.807) is 71.3 Å². The van der Waals surface area contributed by atoms with E-state index in [9.17, 15) is 63.2 Å². The van der Waals surface area contributed by atoms with Crippen molar-refractivity contribution in [2.45, 2.75) is 24.7 Å². The summed E-state index contributed by atoms with van der Waals surface area (Å²) in [7, 11) is 0. The second-order valence-electron chi connectivity index (χ2n) is 18.9. The Hall–Kier alpha value is -10.0. The van der Waals surface area contributed by atoms with E-state index in [2.05, 4.69) is 12.1 Å². The van der Waals surface area contributed by atoms with Crippen molar-refractivity contribution >= 4 is 21.8 Å². The molecule has 0 unspecified atom stereocenters. The lowest BCUT2D eigenvalue weighted by molar-refractivity contribution is -0.144. The molecule has 2 aromatic heterocycles. The normalized spacial score (nSPS) is 12.2. The number of nitrogens with zero attached hydrogens (tertiary/aromatic N) is 5. The quantitative estimate of drug-likeness (QED) is 0.142. The molecule has 81 heavy (non-hydrogen) atoms. The number of aromatic nitrogens is 3. The largest absolute Gasteiger partial charge is 0.416 e. The number of alkyl halides is 12. The van der Waals surface area contributed by atoms with Crippen LogP contribution in [0.5, 0.6) is 0 Å². The van der Waals surface area contributed by atoms with E-state index in [4.69, 9.17) is 9.97 Å². The summed E-state index contributed by atoms with van der Waals surface area (Å²) < 4.78 is 174. The van der Waals surface area contributed by atoms with Gasteiger partial charge in [-0.05, 0) is 137 Å². The van der Waals surface area contributed by atoms with Crippen LogP contribution in [0.2, 0.25) is 0 Å². The van der Waals surface area contributed by atoms with Crippen molar-refractivity contribution in [2.24, 2.45) is 0 Å². The molecule has 5 nitrogen and oxygen atoms in total. The number of benzene rings is 9. The van der Waals surface area contributed by atoms with Gasteiger partial charge in [0.05, 0.1) is 73.6 Å². The molecule has 0 spiro atoms. The van der Waals surface area contributed by atoms with Gasteiger partial charge in [-0.1, -0.05) is 97.1 Å². The molecule has 0 aliphatic carbocycles. The van der Waals surface area contributed by atoms with Gasteiger partial charge < -0.3 is 4.57 Å². The van der Waals surface area contributed by atoms with Gasteiger partial charge in [0.15, 0.2) is 5.82 Å². The van der Waals surface area contributed by atoms with Crippen LogP contribution in [0.15, 0.2) is 200 Å². The summed E-state index contributed by atoms with van der Waals surface area (Å²) in [5.41, 5.74) is -1.97. The minimum Gasteiger partial charge on any atom is -0.308 e. The minimum atomic E-state index is -5.23. The molecule has 2 heterocycles. The van der Waals surface area contributed by atoms with Gasteiger partial charge in [-0.15, -0.1) is 0 Å². The van der Waals surface area contributed by atoms with Crippen LogP contribution in [0.4, 0.5) is 52.7 Å². The molecular formula is C64H33F12N5. The van der Waals surface area contributed by atoms with Gasteiger partial charge in [-0.3, -0.25) is 0 Å². The Labute approximate surface area is 452 Å². The fraction of sp³-hybridized carbons (Fsp3) is 0.0625. The third kappa shape index (κ3) is 10.4. The zero-order chi connectivity index (χ0) is 57.2. The van der Waals surface area contributed by atoms with Crippen LogP contribution in [0.25, 0.3) is 106 Å². The number of hydrogen-bond donors (Lipinski definition) is 0. The topological polar surface area (TPSA) is 78.3 Å². The first-order valence-corrected chi connectivity index (χ1v) is 24.4. The lowest BCUT2D eigenvalue weighted by atomic mass is 9.90. The highest BCUT2D eigenvalue weighted by molar-refractivity contribution is 6.13. The van der Waals surface area contributed by atoms with Gasteiger partial charge >= 0.3 is 24.7 Å². The molecule has 0 aliphatic rings. The van der Waals surface area contributed by atoms with Crippen molar-refractivity contribution in [3.8, 4) is 96.2 Å². The fourth-order valence-electron chi connectivity index (χ4n) is 9.91. The van der Waals surface area contributed by atoms with Gasteiger partial charge in [-0.2, -0.15) is 63.2 Å². The highest BCUT2D eigenvalue weighted by Gasteiger charge is 2.39. The van der Waals surface area contributed by atoms with Crippen LogP contribution in [-0.4, -0.2) is 14.5 Å². The van der Waals surface area contributed by atoms with Gasteiger partial charge in [-0.25, -0.2) is 9.97 Å². The van der Waals surface area contributed by atoms with Crippen LogP contribution in [0.3, 0.4) is 0 Å². The van der Waals surface area contributed by atoms with Gasteiger partial charge in [0, 0.05) is 38.6 Å². The summed E-state index contributed by atoms with van der Waals surface area (Å²) in [5, 5.41) is 20.8. The molecule has 0 aliphatic heterocycles. The zero-order valence-electron chi connectivity index (χ0n) is 41.3. The maximum absolute atomic E-state index is 14.3. The van der Waals surface area contributed by atoms with Crippen molar-refractivity contribution in [1.29, 1.82) is 10.5 Å². The van der Waals surface area contributed by atoms with Crippen molar-refractivity contribution in [1.82, 2.24) is 14.5 Å². The Morgan fingerprint density at radius 3 is 1.10 bits per heavy atom. The van der Waals surface area contributed by atoms with Crippen LogP contribution in [0.1, 0.15) is 33.4 Å². The van der Waals surface area contributed by atoms with Gasteiger partial charge in [0.1, 0.15) is 0 Å². The van der Waals surface area contributed by atoms with Gasteiger partial charge in [0.25, 0.3) is 0 Å².